The van der Waals surface area contributed by atoms with Gasteiger partial charge < -0.3 is 15.2 Å². The van der Waals surface area contributed by atoms with Gasteiger partial charge in [-0.3, -0.25) is 4.90 Å². The summed E-state index contributed by atoms with van der Waals surface area (Å²) in [6.07, 6.45) is 5.50. The molecule has 1 saturated carbocycles. The molecule has 4 nitrogen and oxygen atoms in total. The maximum atomic E-state index is 6.13. The number of nitrogens with zero attached hydrogens (tertiary/aromatic N) is 1. The van der Waals surface area contributed by atoms with Gasteiger partial charge in [-0.1, -0.05) is 18.2 Å². The summed E-state index contributed by atoms with van der Waals surface area (Å²) in [7, 11) is 0. The highest BCUT2D eigenvalue weighted by molar-refractivity contribution is 5.20. The lowest BCUT2D eigenvalue weighted by molar-refractivity contribution is -0.128. The van der Waals surface area contributed by atoms with Gasteiger partial charge in [-0.05, 0) is 44.2 Å². The molecule has 22 heavy (non-hydrogen) atoms. The van der Waals surface area contributed by atoms with Crippen LogP contribution in [0.1, 0.15) is 32.1 Å². The molecule has 1 aromatic carbocycles. The Bertz CT molecular complexity index is 444. The van der Waals surface area contributed by atoms with E-state index < -0.39 is 0 Å². The molecule has 0 bridgehead atoms. The first-order valence-corrected chi connectivity index (χ1v) is 8.56. The molecule has 0 unspecified atom stereocenters. The van der Waals surface area contributed by atoms with Crippen molar-refractivity contribution in [1.29, 1.82) is 0 Å². The Morgan fingerprint density at radius 2 is 2.00 bits per heavy atom. The molecule has 0 atom stereocenters. The molecule has 1 heterocycles. The Morgan fingerprint density at radius 3 is 2.77 bits per heavy atom. The number of morpholine rings is 1. The predicted molar refractivity (Wildman–Crippen MR) is 88.1 cm³/mol. The van der Waals surface area contributed by atoms with E-state index in [4.69, 9.17) is 15.2 Å². The van der Waals surface area contributed by atoms with E-state index in [0.29, 0.717) is 6.04 Å². The molecule has 2 fully saturated rings. The van der Waals surface area contributed by atoms with Crippen LogP contribution in [0.15, 0.2) is 30.3 Å². The summed E-state index contributed by atoms with van der Waals surface area (Å²) in [6.45, 7) is 4.82. The van der Waals surface area contributed by atoms with Crippen LogP contribution >= 0.6 is 0 Å². The lowest BCUT2D eigenvalue weighted by Gasteiger charge is -2.46. The van der Waals surface area contributed by atoms with Crippen molar-refractivity contribution in [3.63, 3.8) is 0 Å². The molecule has 2 aliphatic rings. The zero-order valence-electron chi connectivity index (χ0n) is 13.4. The topological polar surface area (TPSA) is 47.7 Å². The van der Waals surface area contributed by atoms with Gasteiger partial charge in [-0.2, -0.15) is 0 Å². The Morgan fingerprint density at radius 1 is 1.23 bits per heavy atom. The van der Waals surface area contributed by atoms with E-state index in [9.17, 15) is 0 Å². The highest BCUT2D eigenvalue weighted by atomic mass is 16.5. The fourth-order valence-electron chi connectivity index (χ4n) is 3.58. The van der Waals surface area contributed by atoms with Gasteiger partial charge in [0.2, 0.25) is 0 Å². The summed E-state index contributed by atoms with van der Waals surface area (Å²) in [5.74, 6) is 0.960. The highest BCUT2D eigenvalue weighted by Gasteiger charge is 2.39. The predicted octanol–water partition coefficient (Wildman–Crippen LogP) is 2.43. The van der Waals surface area contributed by atoms with Crippen LogP contribution < -0.4 is 10.5 Å². The minimum atomic E-state index is 0.0778. The van der Waals surface area contributed by atoms with E-state index in [1.165, 1.54) is 0 Å². The van der Waals surface area contributed by atoms with E-state index in [-0.39, 0.29) is 5.60 Å². The maximum absolute atomic E-state index is 6.13. The van der Waals surface area contributed by atoms with Crippen LogP contribution in [0.2, 0.25) is 0 Å². The molecule has 1 aliphatic heterocycles. The molecule has 1 aliphatic carbocycles. The standard InChI is InChI=1S/C18H28N2O2/c19-16-7-9-18(10-8-16)15-20(12-14-22-18)11-4-13-21-17-5-2-1-3-6-17/h1-3,5-6,16H,4,7-15,19H2. The van der Waals surface area contributed by atoms with E-state index in [0.717, 1.165) is 70.7 Å². The Balaban J connectivity index is 1.39. The summed E-state index contributed by atoms with van der Waals surface area (Å²) >= 11 is 0. The third-order valence-electron chi connectivity index (χ3n) is 4.90. The van der Waals surface area contributed by atoms with Gasteiger partial charge in [-0.15, -0.1) is 0 Å². The van der Waals surface area contributed by atoms with Crippen LogP contribution in [0.5, 0.6) is 5.75 Å². The quantitative estimate of drug-likeness (QED) is 0.849. The molecular formula is C18H28N2O2. The molecular weight excluding hydrogens is 276 g/mol. The first-order valence-electron chi connectivity index (χ1n) is 8.56. The normalized spacial score (nSPS) is 29.6. The van der Waals surface area contributed by atoms with Crippen molar-refractivity contribution in [2.24, 2.45) is 5.73 Å². The number of hydrogen-bond acceptors (Lipinski definition) is 4. The molecule has 1 aromatic rings. The summed E-state index contributed by atoms with van der Waals surface area (Å²) in [5.41, 5.74) is 6.10. The molecule has 0 radical (unpaired) electrons. The second kappa shape index (κ2) is 7.44. The molecule has 3 rings (SSSR count). The van der Waals surface area contributed by atoms with Gasteiger partial charge in [-0.25, -0.2) is 0 Å². The van der Waals surface area contributed by atoms with Gasteiger partial charge in [0.25, 0.3) is 0 Å². The molecule has 4 heteroatoms. The van der Waals surface area contributed by atoms with Gasteiger partial charge in [0.05, 0.1) is 18.8 Å². The molecule has 1 saturated heterocycles. The first kappa shape index (κ1) is 15.8. The fraction of sp³-hybridized carbons (Fsp3) is 0.667. The van der Waals surface area contributed by atoms with Crippen molar-refractivity contribution < 1.29 is 9.47 Å². The van der Waals surface area contributed by atoms with Crippen LogP contribution in [0.4, 0.5) is 0 Å². The van der Waals surface area contributed by atoms with E-state index in [2.05, 4.69) is 4.90 Å². The van der Waals surface area contributed by atoms with Crippen LogP contribution in [0, 0.1) is 0 Å². The summed E-state index contributed by atoms with van der Waals surface area (Å²) in [5, 5.41) is 0. The lowest BCUT2D eigenvalue weighted by atomic mass is 9.81. The van der Waals surface area contributed by atoms with Gasteiger partial charge in [0.1, 0.15) is 5.75 Å². The maximum Gasteiger partial charge on any atom is 0.119 e. The van der Waals surface area contributed by atoms with Crippen LogP contribution in [0.25, 0.3) is 0 Å². The third-order valence-corrected chi connectivity index (χ3v) is 4.90. The second-order valence-corrected chi connectivity index (χ2v) is 6.66. The Labute approximate surface area is 133 Å². The number of hydrogen-bond donors (Lipinski definition) is 1. The van der Waals surface area contributed by atoms with Gasteiger partial charge in [0, 0.05) is 25.7 Å². The van der Waals surface area contributed by atoms with E-state index in [1.54, 1.807) is 0 Å². The molecule has 0 aromatic heterocycles. The van der Waals surface area contributed by atoms with Crippen molar-refractivity contribution in [2.75, 3.05) is 32.8 Å². The smallest absolute Gasteiger partial charge is 0.119 e. The fourth-order valence-corrected chi connectivity index (χ4v) is 3.58. The minimum absolute atomic E-state index is 0.0778. The number of nitrogens with two attached hydrogens (primary N) is 1. The van der Waals surface area contributed by atoms with Crippen molar-refractivity contribution in [1.82, 2.24) is 4.90 Å². The third kappa shape index (κ3) is 4.22. The largest absolute Gasteiger partial charge is 0.494 e. The lowest BCUT2D eigenvalue weighted by Crippen LogP contribution is -2.54. The zero-order chi connectivity index (χ0) is 15.3. The van der Waals surface area contributed by atoms with E-state index >= 15 is 0 Å². The molecule has 0 amide bonds. The summed E-state index contributed by atoms with van der Waals surface area (Å²) in [6, 6.07) is 10.4. The average molecular weight is 304 g/mol. The first-order chi connectivity index (χ1) is 10.8. The van der Waals surface area contributed by atoms with Crippen molar-refractivity contribution in [3.8, 4) is 5.75 Å². The van der Waals surface area contributed by atoms with Crippen molar-refractivity contribution >= 4 is 0 Å². The average Bonchev–Trinajstić information content (AvgIpc) is 2.56. The van der Waals surface area contributed by atoms with Gasteiger partial charge in [0.15, 0.2) is 0 Å². The van der Waals surface area contributed by atoms with Crippen molar-refractivity contribution in [2.45, 2.75) is 43.7 Å². The number of rotatable bonds is 5. The second-order valence-electron chi connectivity index (χ2n) is 6.66. The molecule has 1 spiro atoms. The Hall–Kier alpha value is -1.10. The highest BCUT2D eigenvalue weighted by Crippen LogP contribution is 2.34. The molecule has 122 valence electrons. The number of ether oxygens (including phenoxy) is 2. The monoisotopic (exact) mass is 304 g/mol. The van der Waals surface area contributed by atoms with Crippen LogP contribution in [0.3, 0.4) is 0 Å². The van der Waals surface area contributed by atoms with Crippen LogP contribution in [-0.2, 0) is 4.74 Å². The number of benzene rings is 1. The van der Waals surface area contributed by atoms with Gasteiger partial charge >= 0.3 is 0 Å². The number of para-hydroxylation sites is 1. The van der Waals surface area contributed by atoms with E-state index in [1.807, 2.05) is 30.3 Å². The molecule has 2 N–H and O–H groups in total. The SMILES string of the molecule is NC1CCC2(CC1)CN(CCCOc1ccccc1)CCO2. The zero-order valence-corrected chi connectivity index (χ0v) is 13.4. The van der Waals surface area contributed by atoms with Crippen molar-refractivity contribution in [3.05, 3.63) is 30.3 Å². The minimum Gasteiger partial charge on any atom is -0.494 e. The summed E-state index contributed by atoms with van der Waals surface area (Å²) < 4.78 is 11.9. The Kier molecular flexibility index (Phi) is 5.34. The van der Waals surface area contributed by atoms with Crippen LogP contribution in [-0.4, -0.2) is 49.4 Å². The summed E-state index contributed by atoms with van der Waals surface area (Å²) in [4.78, 5) is 2.54.